The number of halogens is 2. The third kappa shape index (κ3) is 6.29. The highest BCUT2D eigenvalue weighted by molar-refractivity contribution is 5.88. The normalized spacial score (nSPS) is 14.8. The van der Waals surface area contributed by atoms with Gasteiger partial charge in [0.15, 0.2) is 11.6 Å². The second-order valence-electron chi connectivity index (χ2n) is 9.41. The predicted molar refractivity (Wildman–Crippen MR) is 134 cm³/mol. The first-order valence-electron chi connectivity index (χ1n) is 12.6. The molecular formula is C28H33F2N3O3. The number of aromatic nitrogens is 2. The standard InChI is InChI=1S/C28H33F2N3O3/c1-36-27(34)26-25(19-20-10-11-23(29)24(30)18-20)33(28(35)31-26)15-7-3-6-14-32-16-12-22(13-17-32)21-8-4-2-5-9-21/h2,4-5,8-11,18,22H,3,6-7,12-17,19H2,1H3,(H,31,35). The van der Waals surface area contributed by atoms with E-state index in [-0.39, 0.29) is 12.1 Å². The van der Waals surface area contributed by atoms with Gasteiger partial charge in [-0.2, -0.15) is 0 Å². The average Bonchev–Trinajstić information content (AvgIpc) is 3.21. The number of imidazole rings is 1. The van der Waals surface area contributed by atoms with Crippen molar-refractivity contribution in [1.82, 2.24) is 14.5 Å². The number of likely N-dealkylation sites (tertiary alicyclic amines) is 1. The first kappa shape index (κ1) is 25.8. The smallest absolute Gasteiger partial charge is 0.356 e. The van der Waals surface area contributed by atoms with Gasteiger partial charge in [-0.15, -0.1) is 0 Å². The Kier molecular flexibility index (Phi) is 8.70. The van der Waals surface area contributed by atoms with Crippen LogP contribution in [0.25, 0.3) is 0 Å². The van der Waals surface area contributed by atoms with Crippen LogP contribution in [0, 0.1) is 11.6 Å². The Bertz CT molecular complexity index is 1210. The van der Waals surface area contributed by atoms with Crippen molar-refractivity contribution in [3.05, 3.63) is 93.2 Å². The van der Waals surface area contributed by atoms with Crippen molar-refractivity contribution in [1.29, 1.82) is 0 Å². The molecular weight excluding hydrogens is 464 g/mol. The maximum Gasteiger partial charge on any atom is 0.356 e. The lowest BCUT2D eigenvalue weighted by Crippen LogP contribution is -2.33. The van der Waals surface area contributed by atoms with Crippen molar-refractivity contribution >= 4 is 5.97 Å². The quantitative estimate of drug-likeness (QED) is 0.320. The fraction of sp³-hybridized carbons (Fsp3) is 0.429. The number of nitrogens with zero attached hydrogens (tertiary/aromatic N) is 2. The summed E-state index contributed by atoms with van der Waals surface area (Å²) < 4.78 is 33.4. The average molecular weight is 498 g/mol. The zero-order valence-corrected chi connectivity index (χ0v) is 20.6. The first-order chi connectivity index (χ1) is 17.5. The number of aromatic amines is 1. The van der Waals surface area contributed by atoms with Crippen LogP contribution in [-0.2, 0) is 17.7 Å². The Labute approximate surface area is 209 Å². The number of carbonyl (C=O) groups is 1. The molecule has 0 unspecified atom stereocenters. The van der Waals surface area contributed by atoms with Gasteiger partial charge in [-0.1, -0.05) is 42.8 Å². The van der Waals surface area contributed by atoms with E-state index in [1.807, 2.05) is 0 Å². The van der Waals surface area contributed by atoms with Gasteiger partial charge in [-0.3, -0.25) is 9.55 Å². The van der Waals surface area contributed by atoms with Crippen LogP contribution in [0.3, 0.4) is 0 Å². The third-order valence-electron chi connectivity index (χ3n) is 7.05. The highest BCUT2D eigenvalue weighted by atomic mass is 19.2. The van der Waals surface area contributed by atoms with Gasteiger partial charge < -0.3 is 9.64 Å². The van der Waals surface area contributed by atoms with E-state index >= 15 is 0 Å². The van der Waals surface area contributed by atoms with E-state index in [2.05, 4.69) is 40.2 Å². The van der Waals surface area contributed by atoms with Crippen molar-refractivity contribution in [2.75, 3.05) is 26.7 Å². The molecule has 0 atom stereocenters. The van der Waals surface area contributed by atoms with Crippen LogP contribution in [0.2, 0.25) is 0 Å². The molecule has 1 saturated heterocycles. The van der Waals surface area contributed by atoms with Gasteiger partial charge in [-0.25, -0.2) is 18.4 Å². The molecule has 0 aliphatic carbocycles. The summed E-state index contributed by atoms with van der Waals surface area (Å²) in [5.41, 5.74) is 1.95. The zero-order valence-electron chi connectivity index (χ0n) is 20.6. The number of methoxy groups -OCH3 is 1. The van der Waals surface area contributed by atoms with Gasteiger partial charge >= 0.3 is 11.7 Å². The van der Waals surface area contributed by atoms with Crippen molar-refractivity contribution in [3.63, 3.8) is 0 Å². The first-order valence-corrected chi connectivity index (χ1v) is 12.6. The highest BCUT2D eigenvalue weighted by Crippen LogP contribution is 2.27. The number of hydrogen-bond donors (Lipinski definition) is 1. The topological polar surface area (TPSA) is 67.3 Å². The van der Waals surface area contributed by atoms with Crippen LogP contribution in [0.5, 0.6) is 0 Å². The van der Waals surface area contributed by atoms with Gasteiger partial charge in [0.1, 0.15) is 5.69 Å². The number of esters is 1. The van der Waals surface area contributed by atoms with Crippen LogP contribution < -0.4 is 5.69 Å². The van der Waals surface area contributed by atoms with Crippen LogP contribution in [-0.4, -0.2) is 47.2 Å². The molecule has 1 N–H and O–H groups in total. The number of unbranched alkanes of at least 4 members (excludes halogenated alkanes) is 2. The van der Waals surface area contributed by atoms with E-state index in [9.17, 15) is 18.4 Å². The molecule has 1 aromatic heterocycles. The van der Waals surface area contributed by atoms with Crippen molar-refractivity contribution in [2.24, 2.45) is 0 Å². The maximum atomic E-state index is 13.7. The summed E-state index contributed by atoms with van der Waals surface area (Å²) in [5.74, 6) is -1.94. The number of carbonyl (C=O) groups excluding carboxylic acids is 1. The second kappa shape index (κ2) is 12.1. The third-order valence-corrected chi connectivity index (χ3v) is 7.05. The van der Waals surface area contributed by atoms with Gasteiger partial charge in [0.25, 0.3) is 0 Å². The molecule has 36 heavy (non-hydrogen) atoms. The zero-order chi connectivity index (χ0) is 25.5. The van der Waals surface area contributed by atoms with E-state index in [0.29, 0.717) is 23.7 Å². The fourth-order valence-corrected chi connectivity index (χ4v) is 5.04. The number of H-pyrrole nitrogens is 1. The molecule has 1 fully saturated rings. The molecule has 3 aromatic rings. The summed E-state index contributed by atoms with van der Waals surface area (Å²) in [5, 5.41) is 0. The number of ether oxygens (including phenoxy) is 1. The van der Waals surface area contributed by atoms with E-state index in [1.54, 1.807) is 0 Å². The van der Waals surface area contributed by atoms with Gasteiger partial charge in [0, 0.05) is 13.0 Å². The Morgan fingerprint density at radius 1 is 1.00 bits per heavy atom. The molecule has 8 heteroatoms. The van der Waals surface area contributed by atoms with Crippen molar-refractivity contribution < 1.29 is 18.3 Å². The number of nitrogens with one attached hydrogen (secondary N) is 1. The molecule has 0 amide bonds. The van der Waals surface area contributed by atoms with Crippen LogP contribution >= 0.6 is 0 Å². The lowest BCUT2D eigenvalue weighted by molar-refractivity contribution is 0.0593. The highest BCUT2D eigenvalue weighted by Gasteiger charge is 2.22. The van der Waals surface area contributed by atoms with Gasteiger partial charge in [0.2, 0.25) is 0 Å². The van der Waals surface area contributed by atoms with E-state index < -0.39 is 23.3 Å². The molecule has 6 nitrogen and oxygen atoms in total. The number of piperidine rings is 1. The lowest BCUT2D eigenvalue weighted by Gasteiger charge is -2.32. The molecule has 4 rings (SSSR count). The summed E-state index contributed by atoms with van der Waals surface area (Å²) in [4.78, 5) is 29.9. The molecule has 0 saturated carbocycles. The molecule has 192 valence electrons. The maximum absolute atomic E-state index is 13.7. The number of rotatable bonds is 10. The molecule has 0 radical (unpaired) electrons. The lowest BCUT2D eigenvalue weighted by atomic mass is 9.89. The van der Waals surface area contributed by atoms with Gasteiger partial charge in [-0.05, 0) is 74.5 Å². The van der Waals surface area contributed by atoms with Crippen molar-refractivity contribution in [3.8, 4) is 0 Å². The second-order valence-corrected chi connectivity index (χ2v) is 9.41. The number of benzene rings is 2. The Morgan fingerprint density at radius 3 is 2.42 bits per heavy atom. The number of hydrogen-bond acceptors (Lipinski definition) is 4. The Hall–Kier alpha value is -3.26. The summed E-state index contributed by atoms with van der Waals surface area (Å²) in [6, 6.07) is 14.3. The minimum absolute atomic E-state index is 0.0496. The van der Waals surface area contributed by atoms with Crippen LogP contribution in [0.4, 0.5) is 8.78 Å². The monoisotopic (exact) mass is 497 g/mol. The van der Waals surface area contributed by atoms with E-state index in [0.717, 1.165) is 51.0 Å². The molecule has 1 aliphatic heterocycles. The van der Waals surface area contributed by atoms with E-state index in [4.69, 9.17) is 4.74 Å². The molecule has 0 bridgehead atoms. The summed E-state index contributed by atoms with van der Waals surface area (Å²) >= 11 is 0. The minimum Gasteiger partial charge on any atom is -0.464 e. The Balaban J connectivity index is 1.30. The molecule has 2 aromatic carbocycles. The Morgan fingerprint density at radius 2 is 1.72 bits per heavy atom. The SMILES string of the molecule is COC(=O)c1[nH]c(=O)n(CCCCCN2CCC(c3ccccc3)CC2)c1Cc1ccc(F)c(F)c1. The van der Waals surface area contributed by atoms with Crippen LogP contribution in [0.15, 0.2) is 53.3 Å². The largest absolute Gasteiger partial charge is 0.464 e. The molecule has 0 spiro atoms. The van der Waals surface area contributed by atoms with Crippen LogP contribution in [0.1, 0.15) is 65.3 Å². The van der Waals surface area contributed by atoms with E-state index in [1.165, 1.54) is 36.1 Å². The molecule has 1 aliphatic rings. The molecule has 2 heterocycles. The fourth-order valence-electron chi connectivity index (χ4n) is 5.04. The predicted octanol–water partition coefficient (Wildman–Crippen LogP) is 4.88. The summed E-state index contributed by atoms with van der Waals surface area (Å²) in [6.45, 7) is 3.65. The van der Waals surface area contributed by atoms with Gasteiger partial charge in [0.05, 0.1) is 12.8 Å². The van der Waals surface area contributed by atoms with Crippen molar-refractivity contribution in [2.45, 2.75) is 51.0 Å². The summed E-state index contributed by atoms with van der Waals surface area (Å²) in [7, 11) is 1.24. The minimum atomic E-state index is -0.968. The summed E-state index contributed by atoms with van der Waals surface area (Å²) in [6.07, 6.45) is 5.19.